The van der Waals surface area contributed by atoms with Crippen LogP contribution in [0.4, 0.5) is 29.3 Å². The first-order valence-electron chi connectivity index (χ1n) is 11.6. The van der Waals surface area contributed by atoms with Crippen LogP contribution in [0, 0.1) is 0 Å². The Morgan fingerprint density at radius 2 is 1.78 bits per heavy atom. The summed E-state index contributed by atoms with van der Waals surface area (Å²) in [5.41, 5.74) is 7.42. The second kappa shape index (κ2) is 11.8. The largest absolute Gasteiger partial charge is 0.473 e. The number of nitrogens with one attached hydrogen (secondary N) is 2. The van der Waals surface area contributed by atoms with Crippen LogP contribution in [0.1, 0.15) is 35.2 Å². The van der Waals surface area contributed by atoms with Gasteiger partial charge >= 0.3 is 18.1 Å². The van der Waals surface area contributed by atoms with Gasteiger partial charge in [-0.25, -0.2) is 4.79 Å². The summed E-state index contributed by atoms with van der Waals surface area (Å²) in [6, 6.07) is 12.3. The van der Waals surface area contributed by atoms with Crippen LogP contribution in [0.15, 0.2) is 53.5 Å². The number of carbonyl (C=O) groups is 3. The van der Waals surface area contributed by atoms with E-state index in [0.29, 0.717) is 17.8 Å². The summed E-state index contributed by atoms with van der Waals surface area (Å²) in [7, 11) is 3.78. The van der Waals surface area contributed by atoms with Crippen molar-refractivity contribution in [1.82, 2.24) is 10.2 Å². The predicted octanol–water partition coefficient (Wildman–Crippen LogP) is 3.36. The van der Waals surface area contributed by atoms with E-state index in [1.807, 2.05) is 31.1 Å². The van der Waals surface area contributed by atoms with E-state index in [0.717, 1.165) is 24.9 Å². The Balaban J connectivity index is 1.61. The Kier molecular flexibility index (Phi) is 8.74. The summed E-state index contributed by atoms with van der Waals surface area (Å²) in [6.45, 7) is 0.803. The number of hydrogen-bond donors (Lipinski definition) is 3. The molecular weight excluding hydrogens is 489 g/mol. The molecule has 2 aromatic carbocycles. The molecule has 0 aromatic heterocycles. The first-order chi connectivity index (χ1) is 17.5. The fourth-order valence-electron chi connectivity index (χ4n) is 3.87. The number of amides is 4. The lowest BCUT2D eigenvalue weighted by molar-refractivity contribution is -0.169. The number of halogens is 3. The third kappa shape index (κ3) is 7.45. The van der Waals surface area contributed by atoms with Gasteiger partial charge in [0.05, 0.1) is 6.04 Å². The number of rotatable bonds is 6. The average Bonchev–Trinajstić information content (AvgIpc) is 2.87. The highest BCUT2D eigenvalue weighted by Gasteiger charge is 2.38. The quantitative estimate of drug-likeness (QED) is 0.400. The monoisotopic (exact) mass is 518 g/mol. The van der Waals surface area contributed by atoms with Crippen molar-refractivity contribution in [2.24, 2.45) is 10.7 Å². The van der Waals surface area contributed by atoms with Crippen molar-refractivity contribution in [3.05, 3.63) is 59.7 Å². The molecule has 37 heavy (non-hydrogen) atoms. The lowest BCUT2D eigenvalue weighted by Crippen LogP contribution is -2.50. The van der Waals surface area contributed by atoms with Crippen LogP contribution < -0.4 is 21.3 Å². The number of alkyl halides is 3. The number of carbonyl (C=O) groups excluding carboxylic acids is 3. The lowest BCUT2D eigenvalue weighted by atomic mass is 10.0. The summed E-state index contributed by atoms with van der Waals surface area (Å²) in [6.07, 6.45) is -2.64. The third-order valence-corrected chi connectivity index (χ3v) is 5.91. The number of nitrogens with zero attached hydrogens (tertiary/aromatic N) is 3. The third-order valence-electron chi connectivity index (χ3n) is 5.91. The molecule has 198 valence electrons. The van der Waals surface area contributed by atoms with Crippen molar-refractivity contribution in [3.8, 4) is 0 Å². The molecule has 1 atom stereocenters. The second-order valence-corrected chi connectivity index (χ2v) is 8.81. The minimum absolute atomic E-state index is 0.104. The number of aliphatic imine (C=N–C) groups is 1. The summed E-state index contributed by atoms with van der Waals surface area (Å²) in [5.74, 6) is -3.10. The van der Waals surface area contributed by atoms with E-state index in [-0.39, 0.29) is 30.1 Å². The maximum absolute atomic E-state index is 13.0. The maximum Gasteiger partial charge on any atom is 0.473 e. The maximum atomic E-state index is 13.0. The minimum atomic E-state index is -5.11. The number of hydrogen-bond acceptors (Lipinski definition) is 4. The second-order valence-electron chi connectivity index (χ2n) is 8.81. The topological polar surface area (TPSA) is 120 Å². The van der Waals surface area contributed by atoms with Crippen LogP contribution in [0.2, 0.25) is 0 Å². The highest BCUT2D eigenvalue weighted by Crippen LogP contribution is 2.20. The zero-order valence-electron chi connectivity index (χ0n) is 20.5. The number of anilines is 2. The molecule has 1 saturated heterocycles. The molecule has 0 bridgehead atoms. The predicted molar refractivity (Wildman–Crippen MR) is 135 cm³/mol. The summed E-state index contributed by atoms with van der Waals surface area (Å²) >= 11 is 0. The van der Waals surface area contributed by atoms with Gasteiger partial charge in [0, 0.05) is 49.7 Å². The number of likely N-dealkylation sites (tertiary alicyclic amines) is 1. The molecule has 2 aromatic rings. The van der Waals surface area contributed by atoms with Gasteiger partial charge in [-0.15, -0.1) is 0 Å². The van der Waals surface area contributed by atoms with Gasteiger partial charge < -0.3 is 26.2 Å². The molecule has 0 radical (unpaired) electrons. The van der Waals surface area contributed by atoms with Crippen molar-refractivity contribution >= 4 is 35.1 Å². The van der Waals surface area contributed by atoms with Crippen molar-refractivity contribution in [1.29, 1.82) is 0 Å². The number of urea groups is 1. The Morgan fingerprint density at radius 3 is 2.43 bits per heavy atom. The highest BCUT2D eigenvalue weighted by atomic mass is 19.4. The SMILES string of the molecule is CN(C)c1cccc(C(=O)NCC2CCCCN2C(=O)Nc2ccc(C(N)=NC(=O)C(F)(F)F)cc2)c1. The minimum Gasteiger partial charge on any atom is -0.383 e. The van der Waals surface area contributed by atoms with E-state index in [1.54, 1.807) is 17.0 Å². The molecule has 0 spiro atoms. The Labute approximate surface area is 212 Å². The van der Waals surface area contributed by atoms with Gasteiger partial charge in [0.15, 0.2) is 0 Å². The molecule has 3 rings (SSSR count). The molecular formula is C25H29F3N6O3. The molecule has 4 amide bonds. The van der Waals surface area contributed by atoms with Crippen LogP contribution in [0.3, 0.4) is 0 Å². The van der Waals surface area contributed by atoms with Gasteiger partial charge in [-0.3, -0.25) is 9.59 Å². The van der Waals surface area contributed by atoms with Crippen molar-refractivity contribution in [2.75, 3.05) is 37.4 Å². The van der Waals surface area contributed by atoms with E-state index in [1.165, 1.54) is 24.3 Å². The number of nitrogens with two attached hydrogens (primary N) is 1. The Bertz CT molecular complexity index is 1170. The van der Waals surface area contributed by atoms with Crippen LogP contribution in [0.25, 0.3) is 0 Å². The summed E-state index contributed by atoms with van der Waals surface area (Å²) in [4.78, 5) is 43.1. The average molecular weight is 519 g/mol. The molecule has 1 aliphatic rings. The highest BCUT2D eigenvalue weighted by molar-refractivity contribution is 6.05. The van der Waals surface area contributed by atoms with Gasteiger partial charge in [0.25, 0.3) is 5.91 Å². The summed E-state index contributed by atoms with van der Waals surface area (Å²) < 4.78 is 37.1. The lowest BCUT2D eigenvalue weighted by Gasteiger charge is -2.35. The number of benzene rings is 2. The first-order valence-corrected chi connectivity index (χ1v) is 11.6. The van der Waals surface area contributed by atoms with Crippen molar-refractivity contribution < 1.29 is 27.6 Å². The molecule has 1 aliphatic heterocycles. The Hall–Kier alpha value is -4.09. The van der Waals surface area contributed by atoms with Gasteiger partial charge in [0.1, 0.15) is 5.84 Å². The zero-order valence-corrected chi connectivity index (χ0v) is 20.5. The van der Waals surface area contributed by atoms with E-state index < -0.39 is 17.9 Å². The van der Waals surface area contributed by atoms with E-state index in [9.17, 15) is 27.6 Å². The van der Waals surface area contributed by atoms with Crippen molar-refractivity contribution in [2.45, 2.75) is 31.5 Å². The molecule has 0 aliphatic carbocycles. The molecule has 12 heteroatoms. The molecule has 4 N–H and O–H groups in total. The van der Waals surface area contributed by atoms with Crippen LogP contribution in [0.5, 0.6) is 0 Å². The van der Waals surface area contributed by atoms with E-state index in [2.05, 4.69) is 15.6 Å². The fraction of sp³-hybridized carbons (Fsp3) is 0.360. The number of amidine groups is 1. The van der Waals surface area contributed by atoms with Gasteiger partial charge in [0.2, 0.25) is 0 Å². The molecule has 1 fully saturated rings. The summed E-state index contributed by atoms with van der Waals surface area (Å²) in [5, 5.41) is 5.67. The van der Waals surface area contributed by atoms with Crippen LogP contribution >= 0.6 is 0 Å². The van der Waals surface area contributed by atoms with Crippen molar-refractivity contribution in [3.63, 3.8) is 0 Å². The molecule has 9 nitrogen and oxygen atoms in total. The molecule has 1 heterocycles. The fourth-order valence-corrected chi connectivity index (χ4v) is 3.87. The van der Waals surface area contributed by atoms with Crippen LogP contribution in [-0.2, 0) is 4.79 Å². The standard InChI is InChI=1S/C25H29F3N6O3/c1-33(2)19-8-5-6-17(14-19)22(35)30-15-20-7-3-4-13-34(20)24(37)31-18-11-9-16(10-12-18)21(29)32-23(36)25(26,27)28/h5-6,8-12,14,20H,3-4,7,13,15H2,1-2H3,(H,30,35)(H,31,37)(H2,29,32,36). The van der Waals surface area contributed by atoms with E-state index in [4.69, 9.17) is 5.73 Å². The molecule has 0 saturated carbocycles. The van der Waals surface area contributed by atoms with Gasteiger partial charge in [-0.05, 0) is 61.7 Å². The van der Waals surface area contributed by atoms with Gasteiger partial charge in [-0.2, -0.15) is 18.2 Å². The smallest absolute Gasteiger partial charge is 0.383 e. The normalized spacial score (nSPS) is 16.2. The zero-order chi connectivity index (χ0) is 27.2. The Morgan fingerprint density at radius 1 is 1.08 bits per heavy atom. The van der Waals surface area contributed by atoms with Gasteiger partial charge in [-0.1, -0.05) is 6.07 Å². The first kappa shape index (κ1) is 27.5. The number of piperidine rings is 1. The van der Waals surface area contributed by atoms with Crippen LogP contribution in [-0.4, -0.2) is 68.0 Å². The molecule has 1 unspecified atom stereocenters. The van der Waals surface area contributed by atoms with E-state index >= 15 is 0 Å².